The molecule has 5 rings (SSSR count). The Labute approximate surface area is 223 Å². The van der Waals surface area contributed by atoms with Crippen molar-refractivity contribution in [2.75, 3.05) is 13.6 Å². The molecule has 3 amide bonds. The molecule has 2 aromatic carbocycles. The molecule has 8 heteroatoms. The Morgan fingerprint density at radius 1 is 1.18 bits per heavy atom. The number of hydrogen-bond acceptors (Lipinski definition) is 5. The van der Waals surface area contributed by atoms with Gasteiger partial charge < -0.3 is 15.0 Å². The Hall–Kier alpha value is -3.86. The fraction of sp³-hybridized carbons (Fsp3) is 0.467. The number of likely N-dealkylation sites (tertiary alicyclic amines) is 1. The van der Waals surface area contributed by atoms with Gasteiger partial charge in [0.15, 0.2) is 0 Å². The summed E-state index contributed by atoms with van der Waals surface area (Å²) in [5, 5.41) is 12.8. The maximum atomic E-state index is 13.5. The average molecular weight is 515 g/mol. The zero-order valence-corrected chi connectivity index (χ0v) is 22.4. The Balaban J connectivity index is 1.26. The lowest BCUT2D eigenvalue weighted by Gasteiger charge is -2.38. The van der Waals surface area contributed by atoms with E-state index in [0.717, 1.165) is 34.2 Å². The van der Waals surface area contributed by atoms with Crippen molar-refractivity contribution in [3.63, 3.8) is 0 Å². The third-order valence-corrected chi connectivity index (χ3v) is 7.86. The molecule has 2 aromatic rings. The van der Waals surface area contributed by atoms with Gasteiger partial charge in [0.25, 0.3) is 5.91 Å². The normalized spacial score (nSPS) is 22.7. The number of nitriles is 1. The Morgan fingerprint density at radius 3 is 2.55 bits per heavy atom. The number of carbonyl (C=O) groups excluding carboxylic acids is 3. The Bertz CT molecular complexity index is 1320. The molecular formula is C30H34N4O4. The second-order valence-corrected chi connectivity index (χ2v) is 11.8. The van der Waals surface area contributed by atoms with Crippen LogP contribution in [0.25, 0.3) is 11.1 Å². The molecule has 3 unspecified atom stereocenters. The van der Waals surface area contributed by atoms with Crippen molar-refractivity contribution in [2.24, 2.45) is 5.92 Å². The van der Waals surface area contributed by atoms with Crippen LogP contribution in [0.1, 0.15) is 61.5 Å². The highest BCUT2D eigenvalue weighted by Crippen LogP contribution is 2.47. The standard InChI is InChI=1S/C30H34N4O4/c1-29(2,3)38-28(37)34-17-20-11-12-30(34,15-20)27(36)32-24(16-31)13-19-5-7-21(8-6-19)22-9-10-25-23(14-22)18-33(4)26(25)35/h5-10,14,20,24H,11-13,15,17-18H2,1-4H3,(H,32,36). The van der Waals surface area contributed by atoms with Crippen LogP contribution in [0, 0.1) is 17.2 Å². The molecule has 1 saturated heterocycles. The van der Waals surface area contributed by atoms with Gasteiger partial charge in [-0.25, -0.2) is 4.79 Å². The molecular weight excluding hydrogens is 480 g/mol. The van der Waals surface area contributed by atoms with Crippen LogP contribution in [0.3, 0.4) is 0 Å². The van der Waals surface area contributed by atoms with Crippen LogP contribution < -0.4 is 5.32 Å². The molecule has 1 N–H and O–H groups in total. The maximum Gasteiger partial charge on any atom is 0.411 e. The smallest absolute Gasteiger partial charge is 0.411 e. The molecule has 3 aliphatic rings. The van der Waals surface area contributed by atoms with E-state index in [1.807, 2.05) is 57.2 Å². The van der Waals surface area contributed by atoms with Gasteiger partial charge in [0.05, 0.1) is 6.07 Å². The first kappa shape index (κ1) is 25.8. The van der Waals surface area contributed by atoms with Gasteiger partial charge in [-0.1, -0.05) is 30.3 Å². The number of rotatable bonds is 5. The molecule has 2 fully saturated rings. The van der Waals surface area contributed by atoms with Crippen LogP contribution in [0.5, 0.6) is 0 Å². The van der Waals surface area contributed by atoms with E-state index in [-0.39, 0.29) is 17.7 Å². The lowest BCUT2D eigenvalue weighted by atomic mass is 9.94. The molecule has 2 heterocycles. The highest BCUT2D eigenvalue weighted by atomic mass is 16.6. The van der Waals surface area contributed by atoms with Gasteiger partial charge >= 0.3 is 6.09 Å². The maximum absolute atomic E-state index is 13.5. The van der Waals surface area contributed by atoms with Crippen molar-refractivity contribution in [2.45, 2.75) is 70.2 Å². The van der Waals surface area contributed by atoms with E-state index in [1.54, 1.807) is 16.8 Å². The molecule has 198 valence electrons. The first-order chi connectivity index (χ1) is 18.0. The third kappa shape index (κ3) is 4.73. The molecule has 0 radical (unpaired) electrons. The number of ether oxygens (including phenoxy) is 1. The summed E-state index contributed by atoms with van der Waals surface area (Å²) in [5.74, 6) is 0.0502. The van der Waals surface area contributed by atoms with Gasteiger partial charge in [0, 0.05) is 32.1 Å². The van der Waals surface area contributed by atoms with Crippen molar-refractivity contribution < 1.29 is 19.1 Å². The summed E-state index contributed by atoms with van der Waals surface area (Å²) in [5.41, 5.74) is 3.15. The SMILES string of the molecule is CN1Cc2cc(-c3ccc(CC(C#N)NC(=O)C45CCC(CN4C(=O)OC(C)(C)C)C5)cc3)ccc2C1=O. The Kier molecular flexibility index (Phi) is 6.42. The van der Waals surface area contributed by atoms with Crippen LogP contribution in [0.2, 0.25) is 0 Å². The predicted molar refractivity (Wildman–Crippen MR) is 142 cm³/mol. The van der Waals surface area contributed by atoms with Gasteiger partial charge in [0.1, 0.15) is 17.2 Å². The quantitative estimate of drug-likeness (QED) is 0.642. The molecule has 1 aliphatic carbocycles. The van der Waals surface area contributed by atoms with Crippen molar-refractivity contribution >= 4 is 17.9 Å². The molecule has 2 bridgehead atoms. The lowest BCUT2D eigenvalue weighted by Crippen LogP contribution is -2.59. The lowest BCUT2D eigenvalue weighted by molar-refractivity contribution is -0.132. The molecule has 3 atom stereocenters. The number of amides is 3. The van der Waals surface area contributed by atoms with Crippen molar-refractivity contribution in [3.8, 4) is 17.2 Å². The number of carbonyl (C=O) groups is 3. The number of nitrogens with zero attached hydrogens (tertiary/aromatic N) is 3. The van der Waals surface area contributed by atoms with Gasteiger partial charge in [-0.05, 0) is 80.3 Å². The van der Waals surface area contributed by atoms with E-state index in [9.17, 15) is 19.6 Å². The first-order valence-electron chi connectivity index (χ1n) is 13.2. The predicted octanol–water partition coefficient (Wildman–Crippen LogP) is 4.28. The number of fused-ring (bicyclic) bond motifs is 3. The highest BCUT2D eigenvalue weighted by molar-refractivity contribution is 5.98. The van der Waals surface area contributed by atoms with E-state index in [0.29, 0.717) is 32.4 Å². The number of hydrogen-bond donors (Lipinski definition) is 1. The topological polar surface area (TPSA) is 103 Å². The van der Waals surface area contributed by atoms with Gasteiger partial charge in [-0.15, -0.1) is 0 Å². The molecule has 0 spiro atoms. The summed E-state index contributed by atoms with van der Waals surface area (Å²) in [7, 11) is 1.80. The molecule has 38 heavy (non-hydrogen) atoms. The highest BCUT2D eigenvalue weighted by Gasteiger charge is 2.58. The molecule has 1 saturated carbocycles. The van der Waals surface area contributed by atoms with Crippen LogP contribution in [0.15, 0.2) is 42.5 Å². The first-order valence-corrected chi connectivity index (χ1v) is 13.2. The minimum Gasteiger partial charge on any atom is -0.444 e. The van der Waals surface area contributed by atoms with E-state index in [4.69, 9.17) is 4.74 Å². The fourth-order valence-corrected chi connectivity index (χ4v) is 5.99. The average Bonchev–Trinajstić information content (AvgIpc) is 3.55. The largest absolute Gasteiger partial charge is 0.444 e. The van der Waals surface area contributed by atoms with E-state index in [1.165, 1.54) is 0 Å². The van der Waals surface area contributed by atoms with E-state index < -0.39 is 23.3 Å². The zero-order chi connectivity index (χ0) is 27.2. The fourth-order valence-electron chi connectivity index (χ4n) is 5.99. The minimum absolute atomic E-state index is 0.0472. The molecule has 0 aromatic heterocycles. The van der Waals surface area contributed by atoms with Crippen molar-refractivity contribution in [1.29, 1.82) is 5.26 Å². The van der Waals surface area contributed by atoms with Gasteiger partial charge in [-0.3, -0.25) is 14.5 Å². The summed E-state index contributed by atoms with van der Waals surface area (Å²) in [6.45, 7) is 6.55. The Morgan fingerprint density at radius 2 is 1.89 bits per heavy atom. The van der Waals surface area contributed by atoms with Crippen molar-refractivity contribution in [3.05, 3.63) is 59.2 Å². The van der Waals surface area contributed by atoms with Crippen LogP contribution in [-0.2, 0) is 22.5 Å². The van der Waals surface area contributed by atoms with Crippen molar-refractivity contribution in [1.82, 2.24) is 15.1 Å². The van der Waals surface area contributed by atoms with Gasteiger partial charge in [0.2, 0.25) is 5.91 Å². The monoisotopic (exact) mass is 514 g/mol. The number of benzene rings is 2. The summed E-state index contributed by atoms with van der Waals surface area (Å²) in [6, 6.07) is 15.3. The summed E-state index contributed by atoms with van der Waals surface area (Å²) >= 11 is 0. The van der Waals surface area contributed by atoms with E-state index in [2.05, 4.69) is 17.5 Å². The summed E-state index contributed by atoms with van der Waals surface area (Å²) < 4.78 is 5.58. The number of piperidine rings is 1. The molecule has 8 nitrogen and oxygen atoms in total. The number of nitrogens with one attached hydrogen (secondary N) is 1. The van der Waals surface area contributed by atoms with Crippen LogP contribution >= 0.6 is 0 Å². The minimum atomic E-state index is -0.949. The van der Waals surface area contributed by atoms with Crippen LogP contribution in [0.4, 0.5) is 4.79 Å². The summed E-state index contributed by atoms with van der Waals surface area (Å²) in [4.78, 5) is 41.8. The van der Waals surface area contributed by atoms with Gasteiger partial charge in [-0.2, -0.15) is 5.26 Å². The third-order valence-electron chi connectivity index (χ3n) is 7.86. The second kappa shape index (κ2) is 9.46. The van der Waals surface area contributed by atoms with E-state index >= 15 is 0 Å². The summed E-state index contributed by atoms with van der Waals surface area (Å²) in [6.07, 6.45) is 1.96. The molecule has 2 aliphatic heterocycles. The zero-order valence-electron chi connectivity index (χ0n) is 22.4. The second-order valence-electron chi connectivity index (χ2n) is 11.8. The van der Waals surface area contributed by atoms with Crippen LogP contribution in [-0.4, -0.2) is 58.5 Å².